The lowest BCUT2D eigenvalue weighted by atomic mass is 9.91. The lowest BCUT2D eigenvalue weighted by Gasteiger charge is -2.39. The summed E-state index contributed by atoms with van der Waals surface area (Å²) in [6.07, 6.45) is 2.81. The average molecular weight is 335 g/mol. The van der Waals surface area contributed by atoms with Gasteiger partial charge >= 0.3 is 0 Å². The Kier molecular flexibility index (Phi) is 5.07. The number of nitrogens with zero attached hydrogens (tertiary/aromatic N) is 3. The quantitative estimate of drug-likeness (QED) is 0.907. The smallest absolute Gasteiger partial charge is 0.227 e. The molecule has 3 heterocycles. The van der Waals surface area contributed by atoms with Crippen LogP contribution in [0.2, 0.25) is 0 Å². The van der Waals surface area contributed by atoms with Gasteiger partial charge in [0.2, 0.25) is 17.6 Å². The second-order valence-corrected chi connectivity index (χ2v) is 6.89. The molecule has 6 nitrogen and oxygen atoms in total. The summed E-state index contributed by atoms with van der Waals surface area (Å²) in [5.41, 5.74) is 0. The number of aliphatic hydroxyl groups is 1. The standard InChI is InChI=1S/C16H21N3O3S/c1-11-4-2-8-19(12(11)10-20)15(21)7-6-14-17-16(18-22-14)13-5-3-9-23-13/h3,5,9,11-12,20H,2,4,6-8,10H2,1H3. The maximum Gasteiger partial charge on any atom is 0.227 e. The Bertz CT molecular complexity index is 641. The van der Waals surface area contributed by atoms with Gasteiger partial charge in [-0.3, -0.25) is 4.79 Å². The van der Waals surface area contributed by atoms with Crippen molar-refractivity contribution in [2.45, 2.75) is 38.6 Å². The molecule has 23 heavy (non-hydrogen) atoms. The van der Waals surface area contributed by atoms with Crippen LogP contribution in [-0.2, 0) is 11.2 Å². The highest BCUT2D eigenvalue weighted by atomic mass is 32.1. The molecule has 2 aromatic rings. The summed E-state index contributed by atoms with van der Waals surface area (Å²) >= 11 is 1.55. The van der Waals surface area contributed by atoms with Crippen LogP contribution in [0.3, 0.4) is 0 Å². The number of hydrogen-bond donors (Lipinski definition) is 1. The van der Waals surface area contributed by atoms with Gasteiger partial charge in [0, 0.05) is 19.4 Å². The predicted molar refractivity (Wildman–Crippen MR) is 86.9 cm³/mol. The van der Waals surface area contributed by atoms with Crippen molar-refractivity contribution >= 4 is 17.2 Å². The number of piperidine rings is 1. The highest BCUT2D eigenvalue weighted by Crippen LogP contribution is 2.24. The summed E-state index contributed by atoms with van der Waals surface area (Å²) in [6.45, 7) is 2.83. The molecule has 1 fully saturated rings. The van der Waals surface area contributed by atoms with Gasteiger partial charge in [0.25, 0.3) is 0 Å². The van der Waals surface area contributed by atoms with E-state index in [9.17, 15) is 9.90 Å². The molecule has 124 valence electrons. The van der Waals surface area contributed by atoms with Gasteiger partial charge in [-0.25, -0.2) is 0 Å². The summed E-state index contributed by atoms with van der Waals surface area (Å²) in [6, 6.07) is 3.80. The van der Waals surface area contributed by atoms with E-state index in [4.69, 9.17) is 4.52 Å². The lowest BCUT2D eigenvalue weighted by Crippen LogP contribution is -2.49. The number of aryl methyl sites for hydroxylation is 1. The molecule has 0 spiro atoms. The first-order chi connectivity index (χ1) is 11.2. The third-order valence-electron chi connectivity index (χ3n) is 4.39. The summed E-state index contributed by atoms with van der Waals surface area (Å²) < 4.78 is 5.23. The number of rotatable bonds is 5. The Morgan fingerprint density at radius 1 is 1.57 bits per heavy atom. The zero-order valence-corrected chi connectivity index (χ0v) is 14.0. The topological polar surface area (TPSA) is 79.5 Å². The molecule has 0 aromatic carbocycles. The van der Waals surface area contributed by atoms with Crippen molar-refractivity contribution in [2.75, 3.05) is 13.2 Å². The van der Waals surface area contributed by atoms with Gasteiger partial charge in [-0.15, -0.1) is 11.3 Å². The monoisotopic (exact) mass is 335 g/mol. The van der Waals surface area contributed by atoms with Crippen molar-refractivity contribution in [1.29, 1.82) is 0 Å². The minimum Gasteiger partial charge on any atom is -0.394 e. The van der Waals surface area contributed by atoms with E-state index >= 15 is 0 Å². The fourth-order valence-electron chi connectivity index (χ4n) is 3.06. The van der Waals surface area contributed by atoms with Crippen LogP contribution in [-0.4, -0.2) is 45.2 Å². The molecule has 2 unspecified atom stereocenters. The Hall–Kier alpha value is -1.73. The molecule has 0 aliphatic carbocycles. The van der Waals surface area contributed by atoms with Crippen LogP contribution in [0.15, 0.2) is 22.0 Å². The molecule has 1 N–H and O–H groups in total. The molecule has 1 aliphatic rings. The van der Waals surface area contributed by atoms with E-state index in [1.807, 2.05) is 22.4 Å². The summed E-state index contributed by atoms with van der Waals surface area (Å²) in [7, 11) is 0. The highest BCUT2D eigenvalue weighted by molar-refractivity contribution is 7.13. The predicted octanol–water partition coefficient (Wildman–Crippen LogP) is 2.35. The van der Waals surface area contributed by atoms with Crippen LogP contribution in [0.4, 0.5) is 0 Å². The Labute approximate surface area is 139 Å². The first-order valence-electron chi connectivity index (χ1n) is 7.96. The Morgan fingerprint density at radius 3 is 3.17 bits per heavy atom. The van der Waals surface area contributed by atoms with Crippen LogP contribution in [0.25, 0.3) is 10.7 Å². The van der Waals surface area contributed by atoms with Crippen LogP contribution in [0, 0.1) is 5.92 Å². The maximum absolute atomic E-state index is 12.4. The molecule has 0 radical (unpaired) electrons. The zero-order chi connectivity index (χ0) is 16.2. The average Bonchev–Trinajstić information content (AvgIpc) is 3.23. The van der Waals surface area contributed by atoms with Gasteiger partial charge in [-0.05, 0) is 30.2 Å². The summed E-state index contributed by atoms with van der Waals surface area (Å²) in [5.74, 6) is 1.44. The molecular formula is C16H21N3O3S. The summed E-state index contributed by atoms with van der Waals surface area (Å²) in [5, 5.41) is 15.5. The highest BCUT2D eigenvalue weighted by Gasteiger charge is 2.31. The second kappa shape index (κ2) is 7.23. The number of likely N-dealkylation sites (tertiary alicyclic amines) is 1. The summed E-state index contributed by atoms with van der Waals surface area (Å²) in [4.78, 5) is 19.6. The van der Waals surface area contributed by atoms with Gasteiger partial charge in [-0.2, -0.15) is 4.98 Å². The fraction of sp³-hybridized carbons (Fsp3) is 0.562. The van der Waals surface area contributed by atoms with Crippen molar-refractivity contribution < 1.29 is 14.4 Å². The third-order valence-corrected chi connectivity index (χ3v) is 5.25. The molecule has 0 saturated carbocycles. The van der Waals surface area contributed by atoms with E-state index in [2.05, 4.69) is 17.1 Å². The molecule has 0 bridgehead atoms. The number of hydrogen-bond acceptors (Lipinski definition) is 6. The largest absolute Gasteiger partial charge is 0.394 e. The van der Waals surface area contributed by atoms with Crippen molar-refractivity contribution in [2.24, 2.45) is 5.92 Å². The van der Waals surface area contributed by atoms with Crippen LogP contribution < -0.4 is 0 Å². The number of amides is 1. The molecule has 2 atom stereocenters. The molecule has 1 amide bonds. The van der Waals surface area contributed by atoms with Crippen molar-refractivity contribution in [3.8, 4) is 10.7 Å². The molecule has 1 saturated heterocycles. The first-order valence-corrected chi connectivity index (χ1v) is 8.84. The van der Waals surface area contributed by atoms with Crippen molar-refractivity contribution in [3.63, 3.8) is 0 Å². The molecule has 7 heteroatoms. The normalized spacial score (nSPS) is 21.6. The molecule has 1 aliphatic heterocycles. The lowest BCUT2D eigenvalue weighted by molar-refractivity contribution is -0.137. The van der Waals surface area contributed by atoms with E-state index in [1.165, 1.54) is 0 Å². The molecular weight excluding hydrogens is 314 g/mol. The Morgan fingerprint density at radius 2 is 2.43 bits per heavy atom. The number of aromatic nitrogens is 2. The van der Waals surface area contributed by atoms with Gasteiger partial charge in [0.05, 0.1) is 17.5 Å². The minimum absolute atomic E-state index is 0.0238. The van der Waals surface area contributed by atoms with E-state index in [0.29, 0.717) is 30.5 Å². The number of carbonyl (C=O) groups is 1. The SMILES string of the molecule is CC1CCCN(C(=O)CCc2nc(-c3cccs3)no2)C1CO. The minimum atomic E-state index is -0.0689. The van der Waals surface area contributed by atoms with Crippen LogP contribution >= 0.6 is 11.3 Å². The van der Waals surface area contributed by atoms with E-state index < -0.39 is 0 Å². The first kappa shape index (κ1) is 16.1. The number of thiophene rings is 1. The van der Waals surface area contributed by atoms with Crippen LogP contribution in [0.5, 0.6) is 0 Å². The van der Waals surface area contributed by atoms with E-state index in [0.717, 1.165) is 24.3 Å². The second-order valence-electron chi connectivity index (χ2n) is 5.95. The fourth-order valence-corrected chi connectivity index (χ4v) is 3.71. The number of carbonyl (C=O) groups excluding carboxylic acids is 1. The maximum atomic E-state index is 12.4. The van der Waals surface area contributed by atoms with E-state index in [1.54, 1.807) is 11.3 Å². The Balaban J connectivity index is 1.58. The molecule has 3 rings (SSSR count). The van der Waals surface area contributed by atoms with Gasteiger partial charge in [0.1, 0.15) is 0 Å². The number of aliphatic hydroxyl groups excluding tert-OH is 1. The van der Waals surface area contributed by atoms with Crippen molar-refractivity contribution in [3.05, 3.63) is 23.4 Å². The van der Waals surface area contributed by atoms with Gasteiger partial charge < -0.3 is 14.5 Å². The third kappa shape index (κ3) is 3.61. The van der Waals surface area contributed by atoms with E-state index in [-0.39, 0.29) is 18.6 Å². The zero-order valence-electron chi connectivity index (χ0n) is 13.1. The van der Waals surface area contributed by atoms with Crippen LogP contribution in [0.1, 0.15) is 32.1 Å². The molecule has 2 aromatic heterocycles. The van der Waals surface area contributed by atoms with Crippen molar-refractivity contribution in [1.82, 2.24) is 15.0 Å². The van der Waals surface area contributed by atoms with Gasteiger partial charge in [0.15, 0.2) is 0 Å². The van der Waals surface area contributed by atoms with Gasteiger partial charge in [-0.1, -0.05) is 18.1 Å².